The molecule has 1 aromatic carbocycles. The summed E-state index contributed by atoms with van der Waals surface area (Å²) in [6, 6.07) is 0.295. The first-order valence-electron chi connectivity index (χ1n) is 6.05. The van der Waals surface area contributed by atoms with Crippen molar-refractivity contribution in [1.82, 2.24) is 4.90 Å². The van der Waals surface area contributed by atoms with Crippen molar-refractivity contribution in [3.8, 4) is 0 Å². The van der Waals surface area contributed by atoms with Crippen molar-refractivity contribution in [3.05, 3.63) is 45.4 Å². The highest BCUT2D eigenvalue weighted by Crippen LogP contribution is 2.32. The lowest BCUT2D eigenvalue weighted by atomic mass is 10.2. The minimum atomic E-state index is -2.04. The molecule has 2 rings (SSSR count). The molecule has 0 saturated heterocycles. The van der Waals surface area contributed by atoms with E-state index in [1.165, 1.54) is 0 Å². The number of aliphatic hydroxyl groups excluding tert-OH is 1. The Morgan fingerprint density at radius 3 is 2.48 bits per heavy atom. The van der Waals surface area contributed by atoms with Gasteiger partial charge in [-0.25, -0.2) is 8.78 Å². The fraction of sp³-hybridized carbons (Fsp3) is 0.167. The van der Waals surface area contributed by atoms with Crippen LogP contribution in [0.4, 0.5) is 24.5 Å². The van der Waals surface area contributed by atoms with Gasteiger partial charge in [0, 0.05) is 12.1 Å². The Morgan fingerprint density at radius 1 is 1.26 bits per heavy atom. The van der Waals surface area contributed by atoms with Gasteiger partial charge >= 0.3 is 5.69 Å². The van der Waals surface area contributed by atoms with Crippen molar-refractivity contribution in [3.63, 3.8) is 0 Å². The summed E-state index contributed by atoms with van der Waals surface area (Å²) in [5.41, 5.74) is -2.74. The Bertz CT molecular complexity index is 750. The number of nitro benzene ring substituents is 1. The van der Waals surface area contributed by atoms with E-state index >= 15 is 0 Å². The number of nitrogens with zero attached hydrogens (tertiary/aromatic N) is 2. The second-order valence-electron chi connectivity index (χ2n) is 4.34. The zero-order valence-corrected chi connectivity index (χ0v) is 11.2. The van der Waals surface area contributed by atoms with Gasteiger partial charge in [-0.1, -0.05) is 0 Å². The third kappa shape index (κ3) is 2.85. The number of anilines is 1. The van der Waals surface area contributed by atoms with Crippen LogP contribution in [0.2, 0.25) is 0 Å². The van der Waals surface area contributed by atoms with E-state index in [1.54, 1.807) is 0 Å². The first-order valence-corrected chi connectivity index (χ1v) is 6.05. The number of benzene rings is 1. The molecule has 11 heteroatoms. The maximum absolute atomic E-state index is 13.5. The Balaban J connectivity index is 2.42. The van der Waals surface area contributed by atoms with Crippen LogP contribution in [0.25, 0.3) is 0 Å². The zero-order chi connectivity index (χ0) is 17.3. The minimum Gasteiger partial charge on any atom is -0.395 e. The van der Waals surface area contributed by atoms with Gasteiger partial charge in [-0.05, 0) is 0 Å². The molecule has 1 aromatic rings. The number of nitro groups is 1. The highest BCUT2D eigenvalue weighted by Gasteiger charge is 2.34. The smallest absolute Gasteiger partial charge is 0.331 e. The molecule has 2 N–H and O–H groups in total. The predicted octanol–water partition coefficient (Wildman–Crippen LogP) is 0.669. The molecular formula is C12H8F3N3O5. The summed E-state index contributed by atoms with van der Waals surface area (Å²) < 4.78 is 39.8. The second kappa shape index (κ2) is 6.04. The van der Waals surface area contributed by atoms with E-state index in [1.807, 2.05) is 5.32 Å². The molecule has 0 aliphatic carbocycles. The van der Waals surface area contributed by atoms with E-state index in [4.69, 9.17) is 5.11 Å². The van der Waals surface area contributed by atoms with Crippen LogP contribution in [0.15, 0.2) is 17.8 Å². The van der Waals surface area contributed by atoms with Gasteiger partial charge in [0.15, 0.2) is 5.82 Å². The number of nitrogens with one attached hydrogen (secondary N) is 1. The highest BCUT2D eigenvalue weighted by atomic mass is 19.2. The van der Waals surface area contributed by atoms with Crippen LogP contribution in [0, 0.1) is 27.6 Å². The van der Waals surface area contributed by atoms with Gasteiger partial charge < -0.3 is 10.4 Å². The number of carbonyl (C=O) groups excluding carboxylic acids is 2. The molecule has 0 unspecified atom stereocenters. The van der Waals surface area contributed by atoms with Gasteiger partial charge in [0.05, 0.1) is 18.1 Å². The lowest BCUT2D eigenvalue weighted by Gasteiger charge is -2.13. The lowest BCUT2D eigenvalue weighted by molar-refractivity contribution is -0.386. The van der Waals surface area contributed by atoms with Crippen LogP contribution in [0.5, 0.6) is 0 Å². The molecule has 1 heterocycles. The van der Waals surface area contributed by atoms with E-state index in [0.717, 1.165) is 6.08 Å². The molecule has 8 nitrogen and oxygen atoms in total. The van der Waals surface area contributed by atoms with Gasteiger partial charge in [0.1, 0.15) is 11.4 Å². The molecule has 0 spiro atoms. The SMILES string of the molecule is O=C1C=C(Nc2cc(F)c(F)c(F)c2[N+](=O)[O-])C(=O)N1CCO. The Kier molecular flexibility index (Phi) is 4.31. The molecule has 0 bridgehead atoms. The molecule has 0 saturated carbocycles. The summed E-state index contributed by atoms with van der Waals surface area (Å²) in [7, 11) is 0. The number of imide groups is 1. The average molecular weight is 331 g/mol. The lowest BCUT2D eigenvalue weighted by Crippen LogP contribution is -2.34. The van der Waals surface area contributed by atoms with Crippen molar-refractivity contribution in [2.45, 2.75) is 0 Å². The number of β-amino-alcohol motifs (C(OH)–C–C–N with tert-alkyl or cyclic N) is 1. The standard InChI is InChI=1S/C12H8F3N3O5/c13-5-3-6(11(18(22)23)10(15)9(5)14)16-7-4-8(20)17(1-2-19)12(7)21/h3-4,16,19H,1-2H2. The molecular weight excluding hydrogens is 323 g/mol. The van der Waals surface area contributed by atoms with Crippen LogP contribution in [0.1, 0.15) is 0 Å². The number of rotatable bonds is 5. The molecule has 2 amide bonds. The fourth-order valence-electron chi connectivity index (χ4n) is 1.91. The second-order valence-corrected chi connectivity index (χ2v) is 4.34. The van der Waals surface area contributed by atoms with E-state index in [2.05, 4.69) is 0 Å². The van der Waals surface area contributed by atoms with E-state index < -0.39 is 57.9 Å². The van der Waals surface area contributed by atoms with Gasteiger partial charge in [-0.3, -0.25) is 24.6 Å². The van der Waals surface area contributed by atoms with E-state index in [9.17, 15) is 32.9 Å². The van der Waals surface area contributed by atoms with E-state index in [-0.39, 0.29) is 6.54 Å². The minimum absolute atomic E-state index is 0.295. The van der Waals surface area contributed by atoms with Gasteiger partial charge in [0.25, 0.3) is 11.8 Å². The summed E-state index contributed by atoms with van der Waals surface area (Å²) in [5, 5.41) is 21.6. The van der Waals surface area contributed by atoms with Crippen molar-refractivity contribution in [1.29, 1.82) is 0 Å². The van der Waals surface area contributed by atoms with Crippen LogP contribution >= 0.6 is 0 Å². The first-order chi connectivity index (χ1) is 10.8. The fourth-order valence-corrected chi connectivity index (χ4v) is 1.91. The van der Waals surface area contributed by atoms with Crippen molar-refractivity contribution in [2.24, 2.45) is 0 Å². The maximum atomic E-state index is 13.5. The Hall–Kier alpha value is -2.95. The van der Waals surface area contributed by atoms with Gasteiger partial charge in [-0.15, -0.1) is 0 Å². The number of halogens is 3. The number of hydrogen-bond donors (Lipinski definition) is 2. The monoisotopic (exact) mass is 331 g/mol. The number of aliphatic hydroxyl groups is 1. The molecule has 1 aliphatic rings. The third-order valence-electron chi connectivity index (χ3n) is 2.92. The van der Waals surface area contributed by atoms with Crippen molar-refractivity contribution < 1.29 is 32.8 Å². The maximum Gasteiger partial charge on any atom is 0.331 e. The first kappa shape index (κ1) is 16.4. The quantitative estimate of drug-likeness (QED) is 0.355. The average Bonchev–Trinajstić information content (AvgIpc) is 2.72. The normalized spacial score (nSPS) is 14.3. The molecule has 0 fully saturated rings. The predicted molar refractivity (Wildman–Crippen MR) is 68.5 cm³/mol. The zero-order valence-electron chi connectivity index (χ0n) is 11.2. The highest BCUT2D eigenvalue weighted by molar-refractivity contribution is 6.17. The van der Waals surface area contributed by atoms with Crippen LogP contribution < -0.4 is 5.32 Å². The van der Waals surface area contributed by atoms with Gasteiger partial charge in [0.2, 0.25) is 11.6 Å². The molecule has 23 heavy (non-hydrogen) atoms. The van der Waals surface area contributed by atoms with Crippen molar-refractivity contribution >= 4 is 23.2 Å². The summed E-state index contributed by atoms with van der Waals surface area (Å²) in [5.74, 6) is -7.56. The topological polar surface area (TPSA) is 113 Å². The largest absolute Gasteiger partial charge is 0.395 e. The summed E-state index contributed by atoms with van der Waals surface area (Å²) >= 11 is 0. The number of hydrogen-bond acceptors (Lipinski definition) is 6. The molecule has 1 aliphatic heterocycles. The molecule has 0 aromatic heterocycles. The van der Waals surface area contributed by atoms with Crippen LogP contribution in [0.3, 0.4) is 0 Å². The molecule has 0 radical (unpaired) electrons. The van der Waals surface area contributed by atoms with Crippen LogP contribution in [-0.2, 0) is 9.59 Å². The van der Waals surface area contributed by atoms with Crippen LogP contribution in [-0.4, -0.2) is 39.9 Å². The summed E-state index contributed by atoms with van der Waals surface area (Å²) in [6.07, 6.45) is 0.737. The number of amides is 2. The summed E-state index contributed by atoms with van der Waals surface area (Å²) in [4.78, 5) is 33.5. The molecule has 122 valence electrons. The molecule has 0 atom stereocenters. The third-order valence-corrected chi connectivity index (χ3v) is 2.92. The van der Waals surface area contributed by atoms with E-state index in [0.29, 0.717) is 11.0 Å². The Labute approximate surface area is 126 Å². The Morgan fingerprint density at radius 2 is 1.91 bits per heavy atom. The number of carbonyl (C=O) groups is 2. The van der Waals surface area contributed by atoms with Gasteiger partial charge in [-0.2, -0.15) is 4.39 Å². The van der Waals surface area contributed by atoms with Crippen molar-refractivity contribution in [2.75, 3.05) is 18.5 Å². The summed E-state index contributed by atoms with van der Waals surface area (Å²) in [6.45, 7) is -0.841.